The van der Waals surface area contributed by atoms with Gasteiger partial charge in [0, 0.05) is 38.4 Å². The summed E-state index contributed by atoms with van der Waals surface area (Å²) in [4.78, 5) is 25.2. The molecule has 4 heterocycles. The minimum Gasteiger partial charge on any atom is -0.339 e. The van der Waals surface area contributed by atoms with Crippen molar-refractivity contribution in [1.29, 1.82) is 0 Å². The van der Waals surface area contributed by atoms with Gasteiger partial charge in [-0.2, -0.15) is 0 Å². The quantitative estimate of drug-likeness (QED) is 0.298. The number of carbonyl (C=O) groups is 1. The summed E-state index contributed by atoms with van der Waals surface area (Å²) < 4.78 is 17.6. The molecular weight excluding hydrogens is 543 g/mol. The van der Waals surface area contributed by atoms with E-state index in [9.17, 15) is 9.18 Å². The molecule has 0 N–H and O–H groups in total. The predicted molar refractivity (Wildman–Crippen MR) is 162 cm³/mol. The van der Waals surface area contributed by atoms with Crippen LogP contribution in [-0.4, -0.2) is 72.1 Å². The van der Waals surface area contributed by atoms with Gasteiger partial charge in [0.1, 0.15) is 17.1 Å². The summed E-state index contributed by atoms with van der Waals surface area (Å²) in [6.07, 6.45) is 7.83. The monoisotopic (exact) mass is 576 g/mol. The van der Waals surface area contributed by atoms with Crippen molar-refractivity contribution in [3.63, 3.8) is 0 Å². The number of carbonyl (C=O) groups excluding carboxylic acids is 1. The van der Waals surface area contributed by atoms with Gasteiger partial charge in [-0.1, -0.05) is 41.6 Å². The molecule has 3 aromatic carbocycles. The van der Waals surface area contributed by atoms with Crippen LogP contribution in [0.3, 0.4) is 0 Å². The molecule has 10 heteroatoms. The number of amides is 1. The normalized spacial score (nSPS) is 19.8. The van der Waals surface area contributed by atoms with E-state index in [1.165, 1.54) is 34.0 Å². The van der Waals surface area contributed by atoms with E-state index >= 15 is 0 Å². The second-order valence-corrected chi connectivity index (χ2v) is 12.0. The van der Waals surface area contributed by atoms with Crippen LogP contribution in [-0.2, 0) is 24.8 Å². The summed E-state index contributed by atoms with van der Waals surface area (Å²) in [5.41, 5.74) is 4.66. The largest absolute Gasteiger partial charge is 0.339 e. The van der Waals surface area contributed by atoms with Gasteiger partial charge < -0.3 is 14.4 Å². The minimum atomic E-state index is -0.659. The van der Waals surface area contributed by atoms with Crippen molar-refractivity contribution in [2.24, 2.45) is 7.05 Å². The number of hydrogen-bond acceptors (Lipinski definition) is 6. The molecule has 218 valence electrons. The molecule has 2 fully saturated rings. The fourth-order valence-corrected chi connectivity index (χ4v) is 7.49. The predicted octanol–water partition coefficient (Wildman–Crippen LogP) is 4.41. The fourth-order valence-electron chi connectivity index (χ4n) is 7.49. The van der Waals surface area contributed by atoms with Gasteiger partial charge in [0.15, 0.2) is 0 Å². The second-order valence-electron chi connectivity index (χ2n) is 12.0. The summed E-state index contributed by atoms with van der Waals surface area (Å²) in [6, 6.07) is 20.1. The molecule has 2 aliphatic heterocycles. The number of anilines is 1. The van der Waals surface area contributed by atoms with Crippen LogP contribution in [0, 0.1) is 5.82 Å². The Bertz CT molecular complexity index is 1820. The number of aryl methyl sites for hydroxylation is 1. The zero-order valence-corrected chi connectivity index (χ0v) is 24.1. The lowest BCUT2D eigenvalue weighted by Crippen LogP contribution is -2.57. The van der Waals surface area contributed by atoms with E-state index in [1.54, 1.807) is 29.3 Å². The van der Waals surface area contributed by atoms with Gasteiger partial charge in [0.25, 0.3) is 0 Å². The minimum absolute atomic E-state index is 0.139. The molecule has 2 saturated heterocycles. The molecule has 1 amide bonds. The van der Waals surface area contributed by atoms with Gasteiger partial charge in [-0.25, -0.2) is 9.37 Å². The van der Waals surface area contributed by atoms with Crippen molar-refractivity contribution < 1.29 is 9.18 Å². The number of imidazole rings is 1. The molecule has 1 spiro atoms. The first kappa shape index (κ1) is 26.1. The van der Waals surface area contributed by atoms with Crippen LogP contribution in [0.2, 0.25) is 0 Å². The third-order valence-electron chi connectivity index (χ3n) is 9.73. The molecule has 43 heavy (non-hydrogen) atoms. The lowest BCUT2D eigenvalue weighted by molar-refractivity contribution is -0.134. The maximum atomic E-state index is 14.3. The van der Waals surface area contributed by atoms with Crippen LogP contribution in [0.5, 0.6) is 0 Å². The molecule has 0 bridgehead atoms. The number of rotatable bonds is 6. The highest BCUT2D eigenvalue weighted by atomic mass is 19.1. The zero-order valence-electron chi connectivity index (χ0n) is 24.1. The van der Waals surface area contributed by atoms with Crippen molar-refractivity contribution in [2.75, 3.05) is 31.2 Å². The summed E-state index contributed by atoms with van der Waals surface area (Å²) in [7, 11) is 1.92. The topological polar surface area (TPSA) is 75.3 Å². The average Bonchev–Trinajstić information content (AvgIpc) is 3.81. The first-order chi connectivity index (χ1) is 21.0. The van der Waals surface area contributed by atoms with Gasteiger partial charge in [0.05, 0.1) is 37.6 Å². The number of piperidine rings is 1. The lowest BCUT2D eigenvalue weighted by Gasteiger charge is -2.45. The highest BCUT2D eigenvalue weighted by Gasteiger charge is 2.54. The van der Waals surface area contributed by atoms with Crippen LogP contribution in [0.1, 0.15) is 30.0 Å². The summed E-state index contributed by atoms with van der Waals surface area (Å²) in [5, 5.41) is 11.3. The first-order valence-corrected chi connectivity index (χ1v) is 14.9. The fraction of sp³-hybridized carbons (Fsp3) is 0.333. The molecule has 0 saturated carbocycles. The Labute approximate surface area is 249 Å². The first-order valence-electron chi connectivity index (χ1n) is 14.9. The summed E-state index contributed by atoms with van der Waals surface area (Å²) in [5.74, 6) is -0.138. The molecule has 9 nitrogen and oxygen atoms in total. The van der Waals surface area contributed by atoms with Gasteiger partial charge in [-0.05, 0) is 65.4 Å². The Morgan fingerprint density at radius 3 is 2.56 bits per heavy atom. The highest BCUT2D eigenvalue weighted by Crippen LogP contribution is 2.45. The van der Waals surface area contributed by atoms with Crippen LogP contribution in [0.15, 0.2) is 79.4 Å². The van der Waals surface area contributed by atoms with Crippen molar-refractivity contribution in [3.05, 3.63) is 96.3 Å². The van der Waals surface area contributed by atoms with E-state index in [0.29, 0.717) is 25.8 Å². The Hall–Kier alpha value is -4.57. The molecule has 0 radical (unpaired) electrons. The van der Waals surface area contributed by atoms with Gasteiger partial charge >= 0.3 is 0 Å². The van der Waals surface area contributed by atoms with Crippen molar-refractivity contribution in [3.8, 4) is 11.4 Å². The summed E-state index contributed by atoms with van der Waals surface area (Å²) in [6.45, 7) is 3.14. The number of hydrogen-bond donors (Lipinski definition) is 0. The van der Waals surface area contributed by atoms with Crippen LogP contribution in [0.25, 0.3) is 22.2 Å². The number of halogens is 1. The number of likely N-dealkylation sites (tertiary alicyclic amines) is 1. The second kappa shape index (κ2) is 10.0. The average molecular weight is 577 g/mol. The van der Waals surface area contributed by atoms with Gasteiger partial charge in [-0.15, -0.1) is 5.10 Å². The van der Waals surface area contributed by atoms with Crippen molar-refractivity contribution in [1.82, 2.24) is 34.3 Å². The van der Waals surface area contributed by atoms with Gasteiger partial charge in [0.2, 0.25) is 5.91 Å². The Morgan fingerprint density at radius 2 is 1.79 bits per heavy atom. The Balaban J connectivity index is 1.03. The zero-order chi connectivity index (χ0) is 29.1. The number of benzene rings is 3. The van der Waals surface area contributed by atoms with Crippen molar-refractivity contribution in [2.45, 2.75) is 37.4 Å². The van der Waals surface area contributed by atoms with Gasteiger partial charge in [-0.3, -0.25) is 14.4 Å². The number of nitrogens with zero attached hydrogens (tertiary/aromatic N) is 8. The molecule has 1 atom stereocenters. The van der Waals surface area contributed by atoms with E-state index in [0.717, 1.165) is 49.4 Å². The molecular formula is C33H33FN8O. The highest BCUT2D eigenvalue weighted by molar-refractivity contribution is 5.94. The molecule has 5 aromatic rings. The molecule has 8 rings (SSSR count). The SMILES string of the molecule is Cn1cncc1-c1cn(CCN2CN(c3ccc(F)cc3)C3(CCN([C@H]4Cc5cccc6cccc4c56)CC3)C2=O)nn1. The summed E-state index contributed by atoms with van der Waals surface area (Å²) >= 11 is 0. The van der Waals surface area contributed by atoms with Crippen molar-refractivity contribution >= 4 is 22.4 Å². The maximum Gasteiger partial charge on any atom is 0.250 e. The molecule has 2 aromatic heterocycles. The Morgan fingerprint density at radius 1 is 1.00 bits per heavy atom. The third kappa shape index (κ3) is 4.23. The standard InChI is InChI=1S/C33H33FN8O/c1-38-21-35-19-30(38)28-20-41(37-36-28)17-16-40-22-42(26-10-8-25(34)9-11-26)33(32(40)43)12-14-39(15-13-33)29-18-24-6-2-4-23-5-3-7-27(29)31(23)24/h2-11,19-21,29H,12-18,22H2,1H3/t29-/m0/s1. The number of aromatic nitrogens is 5. The molecule has 1 aliphatic carbocycles. The molecule has 3 aliphatic rings. The van der Waals surface area contributed by atoms with E-state index < -0.39 is 5.54 Å². The van der Waals surface area contributed by atoms with E-state index in [4.69, 9.17) is 0 Å². The van der Waals surface area contributed by atoms with E-state index in [1.807, 2.05) is 22.7 Å². The Kier molecular flexibility index (Phi) is 6.08. The van der Waals surface area contributed by atoms with Crippen LogP contribution < -0.4 is 4.90 Å². The third-order valence-corrected chi connectivity index (χ3v) is 9.73. The smallest absolute Gasteiger partial charge is 0.250 e. The maximum absolute atomic E-state index is 14.3. The van der Waals surface area contributed by atoms with E-state index in [-0.39, 0.29) is 11.7 Å². The lowest BCUT2D eigenvalue weighted by atomic mass is 9.84. The molecule has 0 unspecified atom stereocenters. The van der Waals surface area contributed by atoms with Crippen LogP contribution >= 0.6 is 0 Å². The van der Waals surface area contributed by atoms with E-state index in [2.05, 4.69) is 61.5 Å². The van der Waals surface area contributed by atoms with Crippen LogP contribution in [0.4, 0.5) is 10.1 Å².